The lowest BCUT2D eigenvalue weighted by Crippen LogP contribution is -2.38. The first kappa shape index (κ1) is 16.8. The van der Waals surface area contributed by atoms with E-state index < -0.39 is 23.7 Å². The number of ether oxygens (including phenoxy) is 3. The van der Waals surface area contributed by atoms with Crippen LogP contribution in [0.4, 0.5) is 4.79 Å². The number of carbonyl (C=O) groups is 2. The molecular formula is C15H21NO5. The first-order valence-electron chi connectivity index (χ1n) is 6.48. The summed E-state index contributed by atoms with van der Waals surface area (Å²) >= 11 is 0. The number of hydrogen-bond donors (Lipinski definition) is 1. The van der Waals surface area contributed by atoms with Gasteiger partial charge in [-0.3, -0.25) is 0 Å². The smallest absolute Gasteiger partial charge is 0.408 e. The summed E-state index contributed by atoms with van der Waals surface area (Å²) in [6.07, 6.45) is -0.686. The highest BCUT2D eigenvalue weighted by Gasteiger charge is 2.26. The maximum atomic E-state index is 11.8. The molecule has 0 saturated heterocycles. The minimum Gasteiger partial charge on any atom is -0.497 e. The Bertz CT molecular complexity index is 490. The molecule has 0 aliphatic carbocycles. The summed E-state index contributed by atoms with van der Waals surface area (Å²) < 4.78 is 14.9. The van der Waals surface area contributed by atoms with Crippen molar-refractivity contribution in [2.24, 2.45) is 0 Å². The van der Waals surface area contributed by atoms with E-state index in [1.807, 2.05) is 0 Å². The molecule has 0 radical (unpaired) electrons. The highest BCUT2D eigenvalue weighted by atomic mass is 16.6. The van der Waals surface area contributed by atoms with E-state index in [4.69, 9.17) is 14.2 Å². The van der Waals surface area contributed by atoms with Crippen LogP contribution in [0.5, 0.6) is 5.75 Å². The predicted molar refractivity (Wildman–Crippen MR) is 77.1 cm³/mol. The van der Waals surface area contributed by atoms with Gasteiger partial charge in [0, 0.05) is 0 Å². The minimum absolute atomic E-state index is 0.577. The summed E-state index contributed by atoms with van der Waals surface area (Å²) in [4.78, 5) is 23.7. The number of alkyl carbamates (subject to hydrolysis) is 1. The van der Waals surface area contributed by atoms with Crippen LogP contribution in [0.3, 0.4) is 0 Å². The van der Waals surface area contributed by atoms with Gasteiger partial charge in [0.1, 0.15) is 11.4 Å². The molecule has 0 spiro atoms. The van der Waals surface area contributed by atoms with E-state index in [9.17, 15) is 9.59 Å². The van der Waals surface area contributed by atoms with Crippen LogP contribution < -0.4 is 10.1 Å². The summed E-state index contributed by atoms with van der Waals surface area (Å²) in [5, 5.41) is 2.50. The van der Waals surface area contributed by atoms with Crippen molar-refractivity contribution in [2.75, 3.05) is 14.2 Å². The second-order valence-electron chi connectivity index (χ2n) is 5.38. The first-order valence-corrected chi connectivity index (χ1v) is 6.48. The Kier molecular flexibility index (Phi) is 5.58. The summed E-state index contributed by atoms with van der Waals surface area (Å²) in [6, 6.07) is 5.82. The number of methoxy groups -OCH3 is 2. The summed E-state index contributed by atoms with van der Waals surface area (Å²) in [7, 11) is 2.81. The first-order chi connectivity index (χ1) is 9.76. The third-order valence-corrected chi connectivity index (χ3v) is 2.55. The SMILES string of the molecule is COC(=O)[C@H](NC(=O)OC(C)(C)C)c1ccc(OC)cc1. The zero-order valence-corrected chi connectivity index (χ0v) is 12.9. The Morgan fingerprint density at radius 2 is 1.67 bits per heavy atom. The van der Waals surface area contributed by atoms with Crippen molar-refractivity contribution in [3.05, 3.63) is 29.8 Å². The molecule has 116 valence electrons. The van der Waals surface area contributed by atoms with Crippen molar-refractivity contribution in [1.29, 1.82) is 0 Å². The van der Waals surface area contributed by atoms with Gasteiger partial charge in [-0.15, -0.1) is 0 Å². The summed E-state index contributed by atoms with van der Waals surface area (Å²) in [6.45, 7) is 5.23. The fraction of sp³-hybridized carbons (Fsp3) is 0.467. The van der Waals surface area contributed by atoms with Crippen LogP contribution in [-0.2, 0) is 14.3 Å². The predicted octanol–water partition coefficient (Wildman–Crippen LogP) is 2.43. The molecule has 1 amide bonds. The third-order valence-electron chi connectivity index (χ3n) is 2.55. The van der Waals surface area contributed by atoms with E-state index in [0.29, 0.717) is 11.3 Å². The van der Waals surface area contributed by atoms with E-state index in [1.165, 1.54) is 7.11 Å². The molecule has 0 bridgehead atoms. The van der Waals surface area contributed by atoms with Crippen LogP contribution in [0.25, 0.3) is 0 Å². The maximum Gasteiger partial charge on any atom is 0.408 e. The van der Waals surface area contributed by atoms with Crippen LogP contribution >= 0.6 is 0 Å². The van der Waals surface area contributed by atoms with Crippen LogP contribution in [0, 0.1) is 0 Å². The largest absolute Gasteiger partial charge is 0.497 e. The molecule has 0 aliphatic rings. The van der Waals surface area contributed by atoms with Gasteiger partial charge in [0.25, 0.3) is 0 Å². The van der Waals surface area contributed by atoms with Gasteiger partial charge in [-0.2, -0.15) is 0 Å². The molecule has 0 heterocycles. The topological polar surface area (TPSA) is 73.9 Å². The fourth-order valence-electron chi connectivity index (χ4n) is 1.62. The molecule has 0 fully saturated rings. The highest BCUT2D eigenvalue weighted by molar-refractivity contribution is 5.82. The van der Waals surface area contributed by atoms with Gasteiger partial charge >= 0.3 is 12.1 Å². The van der Waals surface area contributed by atoms with Crippen molar-refractivity contribution >= 4 is 12.1 Å². The summed E-state index contributed by atoms with van der Waals surface area (Å²) in [5.74, 6) is 0.0747. The Morgan fingerprint density at radius 3 is 2.10 bits per heavy atom. The molecule has 0 aliphatic heterocycles. The van der Waals surface area contributed by atoms with Crippen molar-refractivity contribution in [1.82, 2.24) is 5.32 Å². The van der Waals surface area contributed by atoms with Crippen LogP contribution in [-0.4, -0.2) is 31.9 Å². The number of rotatable bonds is 4. The van der Waals surface area contributed by atoms with Gasteiger partial charge in [0.05, 0.1) is 14.2 Å². The lowest BCUT2D eigenvalue weighted by atomic mass is 10.1. The molecule has 1 atom stereocenters. The third kappa shape index (κ3) is 5.33. The van der Waals surface area contributed by atoms with Crippen molar-refractivity contribution in [3.63, 3.8) is 0 Å². The maximum absolute atomic E-state index is 11.8. The summed E-state index contributed by atoms with van der Waals surface area (Å²) in [5.41, 5.74) is -0.0708. The number of carbonyl (C=O) groups excluding carboxylic acids is 2. The minimum atomic E-state index is -0.934. The zero-order chi connectivity index (χ0) is 16.0. The number of benzene rings is 1. The lowest BCUT2D eigenvalue weighted by molar-refractivity contribution is -0.143. The Balaban J connectivity index is 2.90. The number of hydrogen-bond acceptors (Lipinski definition) is 5. The average Bonchev–Trinajstić information content (AvgIpc) is 2.42. The second-order valence-corrected chi connectivity index (χ2v) is 5.38. The average molecular weight is 295 g/mol. The van der Waals surface area contributed by atoms with Crippen LogP contribution in [0.15, 0.2) is 24.3 Å². The van der Waals surface area contributed by atoms with Crippen LogP contribution in [0.2, 0.25) is 0 Å². The van der Waals surface area contributed by atoms with Crippen LogP contribution in [0.1, 0.15) is 32.4 Å². The van der Waals surface area contributed by atoms with Gasteiger partial charge in [0.2, 0.25) is 0 Å². The van der Waals surface area contributed by atoms with Gasteiger partial charge in [-0.05, 0) is 38.5 Å². The standard InChI is InChI=1S/C15H21NO5/c1-15(2,3)21-14(18)16-12(13(17)20-5)10-6-8-11(19-4)9-7-10/h6-9,12H,1-5H3,(H,16,18)/t12-/m1/s1. The lowest BCUT2D eigenvalue weighted by Gasteiger charge is -2.22. The Morgan fingerprint density at radius 1 is 1.10 bits per heavy atom. The Labute approximate surface area is 124 Å². The zero-order valence-electron chi connectivity index (χ0n) is 12.9. The number of nitrogens with one attached hydrogen (secondary N) is 1. The number of esters is 1. The molecule has 21 heavy (non-hydrogen) atoms. The number of amides is 1. The van der Waals surface area contributed by atoms with E-state index >= 15 is 0 Å². The van der Waals surface area contributed by atoms with E-state index in [0.717, 1.165) is 0 Å². The van der Waals surface area contributed by atoms with E-state index in [2.05, 4.69) is 5.32 Å². The second kappa shape index (κ2) is 6.97. The quantitative estimate of drug-likeness (QED) is 0.864. The monoisotopic (exact) mass is 295 g/mol. The molecule has 1 rings (SSSR count). The molecule has 0 saturated carbocycles. The molecule has 1 aromatic rings. The molecule has 0 unspecified atom stereocenters. The molecule has 0 aromatic heterocycles. The van der Waals surface area contributed by atoms with Crippen molar-refractivity contribution < 1.29 is 23.8 Å². The van der Waals surface area contributed by atoms with Gasteiger partial charge in [0.15, 0.2) is 6.04 Å². The molecule has 1 aromatic carbocycles. The molecule has 1 N–H and O–H groups in total. The van der Waals surface area contributed by atoms with E-state index in [-0.39, 0.29) is 0 Å². The molecule has 6 heteroatoms. The normalized spacial score (nSPS) is 12.2. The highest BCUT2D eigenvalue weighted by Crippen LogP contribution is 2.19. The van der Waals surface area contributed by atoms with Crippen molar-refractivity contribution in [2.45, 2.75) is 32.4 Å². The fourth-order valence-corrected chi connectivity index (χ4v) is 1.62. The van der Waals surface area contributed by atoms with Gasteiger partial charge < -0.3 is 19.5 Å². The molecular weight excluding hydrogens is 274 g/mol. The van der Waals surface area contributed by atoms with Gasteiger partial charge in [-0.1, -0.05) is 12.1 Å². The van der Waals surface area contributed by atoms with E-state index in [1.54, 1.807) is 52.1 Å². The van der Waals surface area contributed by atoms with Gasteiger partial charge in [-0.25, -0.2) is 9.59 Å². The Hall–Kier alpha value is -2.24. The molecule has 6 nitrogen and oxygen atoms in total. The van der Waals surface area contributed by atoms with Crippen molar-refractivity contribution in [3.8, 4) is 5.75 Å².